The largest absolute Gasteiger partial charge is 0.496 e. The third kappa shape index (κ3) is 3.73. The van der Waals surface area contributed by atoms with Gasteiger partial charge in [-0.05, 0) is 37.5 Å². The lowest BCUT2D eigenvalue weighted by atomic mass is 9.93. The summed E-state index contributed by atoms with van der Waals surface area (Å²) in [6.07, 6.45) is 0. The van der Waals surface area contributed by atoms with E-state index in [-0.39, 0.29) is 11.3 Å². The number of thiazole rings is 1. The van der Waals surface area contributed by atoms with Gasteiger partial charge in [-0.1, -0.05) is 32.4 Å². The number of carbonyl (C=O) groups is 1. The predicted molar refractivity (Wildman–Crippen MR) is 99.3 cm³/mol. The third-order valence-corrected chi connectivity index (χ3v) is 5.59. The molecule has 0 saturated carbocycles. The lowest BCUT2D eigenvalue weighted by molar-refractivity contribution is 0.0995. The highest BCUT2D eigenvalue weighted by Crippen LogP contribution is 2.28. The first-order chi connectivity index (χ1) is 11.2. The van der Waals surface area contributed by atoms with Gasteiger partial charge in [-0.2, -0.15) is 4.99 Å². The van der Waals surface area contributed by atoms with Gasteiger partial charge in [-0.15, -0.1) is 11.3 Å². The maximum atomic E-state index is 12.6. The van der Waals surface area contributed by atoms with E-state index in [0.29, 0.717) is 21.1 Å². The molecule has 1 aromatic carbocycles. The van der Waals surface area contributed by atoms with Crippen LogP contribution in [0.2, 0.25) is 5.02 Å². The Labute approximate surface area is 151 Å². The molecule has 0 spiro atoms. The molecule has 0 aliphatic heterocycles. The van der Waals surface area contributed by atoms with Crippen molar-refractivity contribution in [3.05, 3.63) is 44.2 Å². The molecule has 24 heavy (non-hydrogen) atoms. The zero-order valence-corrected chi connectivity index (χ0v) is 16.5. The second kappa shape index (κ2) is 7.11. The van der Waals surface area contributed by atoms with Gasteiger partial charge in [0.05, 0.1) is 12.7 Å². The molecular weight excluding hydrogens is 344 g/mol. The Morgan fingerprint density at radius 3 is 2.58 bits per heavy atom. The van der Waals surface area contributed by atoms with Gasteiger partial charge in [0.2, 0.25) is 0 Å². The van der Waals surface area contributed by atoms with Gasteiger partial charge in [0.1, 0.15) is 5.75 Å². The van der Waals surface area contributed by atoms with Gasteiger partial charge < -0.3 is 9.30 Å². The molecule has 2 aromatic rings. The first-order valence-electron chi connectivity index (χ1n) is 7.82. The van der Waals surface area contributed by atoms with Crippen LogP contribution < -0.4 is 9.54 Å². The number of rotatable bonds is 3. The smallest absolute Gasteiger partial charge is 0.283 e. The van der Waals surface area contributed by atoms with Crippen LogP contribution in [-0.2, 0) is 12.0 Å². The standard InChI is InChI=1S/C18H23ClN2O2S/c1-7-21-11(2)15(18(3,4)5)24-17(21)20-16(22)13-9-8-12(19)10-14(13)23-6/h8-10H,7H2,1-6H3/b20-17-. The van der Waals surface area contributed by atoms with Crippen molar-refractivity contribution in [3.63, 3.8) is 0 Å². The summed E-state index contributed by atoms with van der Waals surface area (Å²) in [5.74, 6) is 0.107. The van der Waals surface area contributed by atoms with E-state index in [4.69, 9.17) is 16.3 Å². The summed E-state index contributed by atoms with van der Waals surface area (Å²) < 4.78 is 7.33. The van der Waals surface area contributed by atoms with E-state index in [1.807, 2.05) is 0 Å². The van der Waals surface area contributed by atoms with Crippen LogP contribution in [0.5, 0.6) is 5.75 Å². The molecule has 0 aliphatic carbocycles. The van der Waals surface area contributed by atoms with Gasteiger partial charge in [0, 0.05) is 22.1 Å². The average Bonchev–Trinajstić information content (AvgIpc) is 2.82. The fourth-order valence-electron chi connectivity index (χ4n) is 2.63. The number of methoxy groups -OCH3 is 1. The van der Waals surface area contributed by atoms with Crippen molar-refractivity contribution in [2.45, 2.75) is 46.6 Å². The highest BCUT2D eigenvalue weighted by molar-refractivity contribution is 7.09. The van der Waals surface area contributed by atoms with E-state index in [1.54, 1.807) is 29.5 Å². The van der Waals surface area contributed by atoms with Gasteiger partial charge in [-0.3, -0.25) is 4.79 Å². The fraction of sp³-hybridized carbons (Fsp3) is 0.444. The summed E-state index contributed by atoms with van der Waals surface area (Å²) in [6.45, 7) is 11.4. The van der Waals surface area contributed by atoms with Crippen LogP contribution in [0.25, 0.3) is 0 Å². The average molecular weight is 367 g/mol. The van der Waals surface area contributed by atoms with E-state index in [9.17, 15) is 4.79 Å². The minimum absolute atomic E-state index is 0.0143. The summed E-state index contributed by atoms with van der Waals surface area (Å²) in [4.78, 5) is 18.9. The maximum absolute atomic E-state index is 12.6. The fourth-order valence-corrected chi connectivity index (χ4v) is 4.04. The Morgan fingerprint density at radius 2 is 2.04 bits per heavy atom. The van der Waals surface area contributed by atoms with Crippen molar-refractivity contribution < 1.29 is 9.53 Å². The van der Waals surface area contributed by atoms with Crippen molar-refractivity contribution in [3.8, 4) is 5.75 Å². The van der Waals surface area contributed by atoms with Gasteiger partial charge in [0.25, 0.3) is 5.91 Å². The van der Waals surface area contributed by atoms with Crippen LogP contribution in [-0.4, -0.2) is 17.6 Å². The van der Waals surface area contributed by atoms with Crippen LogP contribution in [0.4, 0.5) is 0 Å². The van der Waals surface area contributed by atoms with Crippen LogP contribution >= 0.6 is 22.9 Å². The number of aromatic nitrogens is 1. The molecular formula is C18H23ClN2O2S. The van der Waals surface area contributed by atoms with E-state index in [0.717, 1.165) is 12.2 Å². The zero-order valence-electron chi connectivity index (χ0n) is 14.9. The molecule has 130 valence electrons. The minimum atomic E-state index is -0.326. The quantitative estimate of drug-likeness (QED) is 0.798. The number of ether oxygens (including phenoxy) is 1. The topological polar surface area (TPSA) is 43.6 Å². The minimum Gasteiger partial charge on any atom is -0.496 e. The molecule has 0 fully saturated rings. The summed E-state index contributed by atoms with van der Waals surface area (Å²) in [5.41, 5.74) is 1.58. The van der Waals surface area contributed by atoms with Gasteiger partial charge >= 0.3 is 0 Å². The number of amides is 1. The number of nitrogens with zero attached hydrogens (tertiary/aromatic N) is 2. The van der Waals surface area contributed by atoms with E-state index >= 15 is 0 Å². The zero-order chi connectivity index (χ0) is 18.1. The number of carbonyl (C=O) groups excluding carboxylic acids is 1. The predicted octanol–water partition coefficient (Wildman–Crippen LogP) is 4.58. The normalized spacial score (nSPS) is 12.5. The maximum Gasteiger partial charge on any atom is 0.283 e. The third-order valence-electron chi connectivity index (χ3n) is 3.75. The molecule has 0 unspecified atom stereocenters. The molecule has 1 aromatic heterocycles. The first-order valence-corrected chi connectivity index (χ1v) is 9.01. The highest BCUT2D eigenvalue weighted by atomic mass is 35.5. The SMILES string of the molecule is CCn1c(C)c(C(C)(C)C)s/c1=N\C(=O)c1ccc(Cl)cc1OC. The van der Waals surface area contributed by atoms with Crippen LogP contribution in [0, 0.1) is 6.92 Å². The molecule has 1 amide bonds. The molecule has 0 bridgehead atoms. The highest BCUT2D eigenvalue weighted by Gasteiger charge is 2.22. The molecule has 0 aliphatic rings. The van der Waals surface area contributed by atoms with E-state index < -0.39 is 0 Å². The van der Waals surface area contributed by atoms with Gasteiger partial charge in [0.15, 0.2) is 4.80 Å². The van der Waals surface area contributed by atoms with Crippen molar-refractivity contribution in [1.29, 1.82) is 0 Å². The number of hydrogen-bond donors (Lipinski definition) is 0. The molecule has 0 N–H and O–H groups in total. The molecule has 0 atom stereocenters. The first kappa shape index (κ1) is 18.7. The Morgan fingerprint density at radius 1 is 1.38 bits per heavy atom. The molecule has 6 heteroatoms. The monoisotopic (exact) mass is 366 g/mol. The second-order valence-electron chi connectivity index (χ2n) is 6.55. The Hall–Kier alpha value is -1.59. The van der Waals surface area contributed by atoms with E-state index in [2.05, 4.69) is 44.2 Å². The van der Waals surface area contributed by atoms with Crippen LogP contribution in [0.3, 0.4) is 0 Å². The van der Waals surface area contributed by atoms with Crippen LogP contribution in [0.15, 0.2) is 23.2 Å². The molecule has 1 heterocycles. The molecule has 2 rings (SSSR count). The summed E-state index contributed by atoms with van der Waals surface area (Å²) in [7, 11) is 1.52. The summed E-state index contributed by atoms with van der Waals surface area (Å²) >= 11 is 7.52. The Kier molecular flexibility index (Phi) is 5.56. The van der Waals surface area contributed by atoms with Crippen molar-refractivity contribution in [1.82, 2.24) is 4.57 Å². The van der Waals surface area contributed by atoms with Crippen LogP contribution in [0.1, 0.15) is 48.6 Å². The number of halogens is 1. The van der Waals surface area contributed by atoms with Crippen molar-refractivity contribution in [2.24, 2.45) is 4.99 Å². The van der Waals surface area contributed by atoms with Crippen molar-refractivity contribution >= 4 is 28.8 Å². The van der Waals surface area contributed by atoms with E-state index in [1.165, 1.54) is 12.0 Å². The summed E-state index contributed by atoms with van der Waals surface area (Å²) in [5, 5.41) is 0.522. The lowest BCUT2D eigenvalue weighted by Crippen LogP contribution is -2.18. The number of benzene rings is 1. The van der Waals surface area contributed by atoms with Gasteiger partial charge in [-0.25, -0.2) is 0 Å². The molecule has 0 radical (unpaired) electrons. The molecule has 4 nitrogen and oxygen atoms in total. The van der Waals surface area contributed by atoms with Crippen molar-refractivity contribution in [2.75, 3.05) is 7.11 Å². The lowest BCUT2D eigenvalue weighted by Gasteiger charge is -2.17. The Bertz CT molecular complexity index is 829. The molecule has 0 saturated heterocycles. The summed E-state index contributed by atoms with van der Waals surface area (Å²) in [6, 6.07) is 4.94. The number of hydrogen-bond acceptors (Lipinski definition) is 3. The second-order valence-corrected chi connectivity index (χ2v) is 7.97. The Balaban J connectivity index is 2.58.